The summed E-state index contributed by atoms with van der Waals surface area (Å²) in [4.78, 5) is 23.1. The van der Waals surface area contributed by atoms with E-state index in [-0.39, 0.29) is 11.8 Å². The number of benzene rings is 2. The van der Waals surface area contributed by atoms with E-state index in [0.717, 1.165) is 22.4 Å². The van der Waals surface area contributed by atoms with Crippen molar-refractivity contribution in [3.05, 3.63) is 71.3 Å². The van der Waals surface area contributed by atoms with Gasteiger partial charge in [0.1, 0.15) is 0 Å². The van der Waals surface area contributed by atoms with Crippen LogP contribution in [0.1, 0.15) is 30.5 Å². The summed E-state index contributed by atoms with van der Waals surface area (Å²) in [6.07, 6.45) is 3.23. The minimum atomic E-state index is -0.172. The molecule has 154 valence electrons. The molecule has 0 atom stereocenters. The molecule has 0 saturated carbocycles. The molecule has 0 aliphatic carbocycles. The number of hydrogen-bond donors (Lipinski definition) is 2. The Morgan fingerprint density at radius 2 is 1.72 bits per heavy atom. The van der Waals surface area contributed by atoms with Crippen molar-refractivity contribution in [3.8, 4) is 0 Å². The van der Waals surface area contributed by atoms with Crippen molar-refractivity contribution >= 4 is 23.6 Å². The van der Waals surface area contributed by atoms with Crippen molar-refractivity contribution in [2.24, 2.45) is 0 Å². The van der Waals surface area contributed by atoms with E-state index in [1.54, 1.807) is 18.2 Å². The van der Waals surface area contributed by atoms with Gasteiger partial charge in [0.2, 0.25) is 11.8 Å². The van der Waals surface area contributed by atoms with Crippen molar-refractivity contribution in [3.63, 3.8) is 0 Å². The van der Waals surface area contributed by atoms with Crippen molar-refractivity contribution < 1.29 is 19.1 Å². The highest BCUT2D eigenvalue weighted by Gasteiger charge is 2.00. The molecule has 0 fully saturated rings. The smallest absolute Gasteiger partial charge is 0.244 e. The van der Waals surface area contributed by atoms with Gasteiger partial charge in [0.25, 0.3) is 0 Å². The van der Waals surface area contributed by atoms with Crippen molar-refractivity contribution in [1.82, 2.24) is 5.32 Å². The lowest BCUT2D eigenvalue weighted by molar-refractivity contribution is -0.116. The lowest BCUT2D eigenvalue weighted by atomic mass is 10.1. The highest BCUT2D eigenvalue weighted by atomic mass is 16.5. The molecule has 0 unspecified atom stereocenters. The number of hydrogen-bond acceptors (Lipinski definition) is 4. The van der Waals surface area contributed by atoms with E-state index in [4.69, 9.17) is 9.47 Å². The summed E-state index contributed by atoms with van der Waals surface area (Å²) >= 11 is 0. The first-order chi connectivity index (χ1) is 14.1. The molecule has 0 radical (unpaired) electrons. The molecule has 0 spiro atoms. The first-order valence-corrected chi connectivity index (χ1v) is 9.63. The Morgan fingerprint density at radius 3 is 2.45 bits per heavy atom. The van der Waals surface area contributed by atoms with Gasteiger partial charge in [-0.15, -0.1) is 0 Å². The van der Waals surface area contributed by atoms with E-state index in [2.05, 4.69) is 10.6 Å². The van der Waals surface area contributed by atoms with Crippen molar-refractivity contribution in [2.75, 3.05) is 25.1 Å². The maximum absolute atomic E-state index is 12.1. The van der Waals surface area contributed by atoms with Crippen LogP contribution in [0.15, 0.2) is 54.6 Å². The Balaban J connectivity index is 1.77. The Morgan fingerprint density at radius 1 is 1.00 bits per heavy atom. The van der Waals surface area contributed by atoms with Crippen LogP contribution in [0.2, 0.25) is 0 Å². The van der Waals surface area contributed by atoms with Crippen LogP contribution in [0, 0.1) is 0 Å². The lowest BCUT2D eigenvalue weighted by Gasteiger charge is -2.07. The standard InChI is InChI=1S/C23H28N2O4/c1-3-28-13-14-29-17-21-6-4-5-20(15-21)16-24-23(27)12-9-19-7-10-22(11-8-19)25-18(2)26/h4-12,15H,3,13-14,16-17H2,1-2H3,(H,24,27)(H,25,26)/b12-9+. The van der Waals surface area contributed by atoms with Crippen molar-refractivity contribution in [1.29, 1.82) is 0 Å². The molecule has 2 aromatic carbocycles. The average molecular weight is 396 g/mol. The maximum Gasteiger partial charge on any atom is 0.244 e. The first kappa shape index (κ1) is 22.3. The predicted molar refractivity (Wildman–Crippen MR) is 114 cm³/mol. The zero-order chi connectivity index (χ0) is 20.9. The second kappa shape index (κ2) is 12.5. The highest BCUT2D eigenvalue weighted by molar-refractivity contribution is 5.92. The summed E-state index contributed by atoms with van der Waals surface area (Å²) in [6, 6.07) is 15.2. The number of ether oxygens (including phenoxy) is 2. The molecule has 2 N–H and O–H groups in total. The van der Waals surface area contributed by atoms with Gasteiger partial charge >= 0.3 is 0 Å². The van der Waals surface area contributed by atoms with Gasteiger partial charge in [-0.3, -0.25) is 9.59 Å². The molecular formula is C23H28N2O4. The fourth-order valence-electron chi connectivity index (χ4n) is 2.58. The van der Waals surface area contributed by atoms with Crippen LogP contribution in [0.3, 0.4) is 0 Å². The molecule has 0 aromatic heterocycles. The summed E-state index contributed by atoms with van der Waals surface area (Å²) in [5.41, 5.74) is 3.67. The van der Waals surface area contributed by atoms with Crippen molar-refractivity contribution in [2.45, 2.75) is 27.0 Å². The van der Waals surface area contributed by atoms with E-state index < -0.39 is 0 Å². The normalized spacial score (nSPS) is 10.8. The summed E-state index contributed by atoms with van der Waals surface area (Å²) in [5, 5.41) is 5.58. The summed E-state index contributed by atoms with van der Waals surface area (Å²) in [5.74, 6) is -0.289. The second-order valence-electron chi connectivity index (χ2n) is 6.42. The maximum atomic E-state index is 12.1. The summed E-state index contributed by atoms with van der Waals surface area (Å²) in [6.45, 7) is 6.22. The molecule has 2 amide bonds. The van der Waals surface area contributed by atoms with E-state index in [0.29, 0.717) is 33.0 Å². The molecule has 0 bridgehead atoms. The molecule has 2 aromatic rings. The van der Waals surface area contributed by atoms with Gasteiger partial charge in [0.15, 0.2) is 0 Å². The average Bonchev–Trinajstić information content (AvgIpc) is 2.71. The van der Waals surface area contributed by atoms with Gasteiger partial charge in [-0.25, -0.2) is 0 Å². The molecule has 0 heterocycles. The third kappa shape index (κ3) is 9.19. The van der Waals surface area contributed by atoms with E-state index >= 15 is 0 Å². The largest absolute Gasteiger partial charge is 0.379 e. The van der Waals surface area contributed by atoms with Crippen LogP contribution >= 0.6 is 0 Å². The first-order valence-electron chi connectivity index (χ1n) is 9.63. The minimum Gasteiger partial charge on any atom is -0.379 e. The molecule has 29 heavy (non-hydrogen) atoms. The van der Waals surface area contributed by atoms with E-state index in [9.17, 15) is 9.59 Å². The van der Waals surface area contributed by atoms with Crippen LogP contribution in [-0.4, -0.2) is 31.6 Å². The number of rotatable bonds is 11. The number of anilines is 1. The molecular weight excluding hydrogens is 368 g/mol. The Bertz CT molecular complexity index is 816. The Hall–Kier alpha value is -2.96. The fourth-order valence-corrected chi connectivity index (χ4v) is 2.58. The van der Waals surface area contributed by atoms with Gasteiger partial charge < -0.3 is 20.1 Å². The molecule has 6 nitrogen and oxygen atoms in total. The van der Waals surface area contributed by atoms with Crippen LogP contribution in [0.25, 0.3) is 6.08 Å². The van der Waals surface area contributed by atoms with Crippen LogP contribution in [-0.2, 0) is 32.2 Å². The van der Waals surface area contributed by atoms with Crippen LogP contribution in [0.4, 0.5) is 5.69 Å². The van der Waals surface area contributed by atoms with Crippen LogP contribution in [0.5, 0.6) is 0 Å². The monoisotopic (exact) mass is 396 g/mol. The number of carbonyl (C=O) groups is 2. The topological polar surface area (TPSA) is 76.7 Å². The highest BCUT2D eigenvalue weighted by Crippen LogP contribution is 2.11. The molecule has 6 heteroatoms. The van der Waals surface area contributed by atoms with Gasteiger partial charge in [-0.05, 0) is 41.8 Å². The molecule has 2 rings (SSSR count). The second-order valence-corrected chi connectivity index (χ2v) is 6.42. The fraction of sp³-hybridized carbons (Fsp3) is 0.304. The third-order valence-corrected chi connectivity index (χ3v) is 3.96. The zero-order valence-corrected chi connectivity index (χ0v) is 16.9. The SMILES string of the molecule is CCOCCOCc1cccc(CNC(=O)/C=C/c2ccc(NC(C)=O)cc2)c1. The quantitative estimate of drug-likeness (QED) is 0.450. The van der Waals surface area contributed by atoms with Gasteiger partial charge in [-0.1, -0.05) is 36.4 Å². The lowest BCUT2D eigenvalue weighted by Crippen LogP contribution is -2.20. The number of amides is 2. The van der Waals surface area contributed by atoms with Gasteiger partial charge in [0.05, 0.1) is 19.8 Å². The predicted octanol–water partition coefficient (Wildman–Crippen LogP) is 3.53. The van der Waals surface area contributed by atoms with Gasteiger partial charge in [-0.2, -0.15) is 0 Å². The number of carbonyl (C=O) groups excluding carboxylic acids is 2. The number of nitrogens with one attached hydrogen (secondary N) is 2. The van der Waals surface area contributed by atoms with Crippen LogP contribution < -0.4 is 10.6 Å². The summed E-state index contributed by atoms with van der Waals surface area (Å²) in [7, 11) is 0. The summed E-state index contributed by atoms with van der Waals surface area (Å²) < 4.78 is 10.8. The Labute approximate surface area is 171 Å². The third-order valence-electron chi connectivity index (χ3n) is 3.96. The molecule has 0 aliphatic rings. The molecule has 0 aliphatic heterocycles. The minimum absolute atomic E-state index is 0.117. The Kier molecular flexibility index (Phi) is 9.62. The zero-order valence-electron chi connectivity index (χ0n) is 16.9. The van der Waals surface area contributed by atoms with E-state index in [1.807, 2.05) is 43.3 Å². The molecule has 0 saturated heterocycles. The van der Waals surface area contributed by atoms with E-state index in [1.165, 1.54) is 13.0 Å². The van der Waals surface area contributed by atoms with Gasteiger partial charge in [0, 0.05) is 31.8 Å².